The highest BCUT2D eigenvalue weighted by Crippen LogP contribution is 2.19. The van der Waals surface area contributed by atoms with E-state index in [1.807, 2.05) is 0 Å². The van der Waals surface area contributed by atoms with Crippen LogP contribution in [0, 0.1) is 0 Å². The van der Waals surface area contributed by atoms with Gasteiger partial charge in [-0.1, -0.05) is 11.6 Å². The summed E-state index contributed by atoms with van der Waals surface area (Å²) in [6, 6.07) is 5.21. The first-order valence-electron chi connectivity index (χ1n) is 5.22. The van der Waals surface area contributed by atoms with Crippen LogP contribution in [-0.4, -0.2) is 16.6 Å². The fourth-order valence-electron chi connectivity index (χ4n) is 1.69. The van der Waals surface area contributed by atoms with Crippen LogP contribution in [0.1, 0.15) is 11.5 Å². The number of rotatable bonds is 2. The van der Waals surface area contributed by atoms with Gasteiger partial charge >= 0.3 is 0 Å². The molecule has 6 heteroatoms. The van der Waals surface area contributed by atoms with Crippen LogP contribution in [-0.2, 0) is 4.79 Å². The number of carbonyl (C=O) groups is 1. The lowest BCUT2D eigenvalue weighted by Crippen LogP contribution is -2.13. The molecule has 0 bridgehead atoms. The van der Waals surface area contributed by atoms with Crippen molar-refractivity contribution < 1.29 is 9.21 Å². The molecule has 0 aliphatic carbocycles. The molecule has 5 nitrogen and oxygen atoms in total. The molecular formula is C12H8ClN3O2. The highest BCUT2D eigenvalue weighted by atomic mass is 35.5. The number of carbonyl (C=O) groups excluding carboxylic acids is 1. The molecule has 3 rings (SSSR count). The van der Waals surface area contributed by atoms with E-state index < -0.39 is 0 Å². The largest absolute Gasteiger partial charge is 0.463 e. The van der Waals surface area contributed by atoms with Crippen molar-refractivity contribution in [1.82, 2.24) is 10.4 Å². The minimum Gasteiger partial charge on any atom is -0.463 e. The Balaban J connectivity index is 2.01. The molecule has 18 heavy (non-hydrogen) atoms. The Morgan fingerprint density at radius 2 is 2.33 bits per heavy atom. The van der Waals surface area contributed by atoms with Gasteiger partial charge in [-0.05, 0) is 24.3 Å². The van der Waals surface area contributed by atoms with Crippen molar-refractivity contribution in [1.29, 1.82) is 0 Å². The van der Waals surface area contributed by atoms with Gasteiger partial charge in [0.2, 0.25) is 0 Å². The fourth-order valence-corrected chi connectivity index (χ4v) is 1.86. The molecule has 3 heterocycles. The molecular weight excluding hydrogens is 254 g/mol. The summed E-state index contributed by atoms with van der Waals surface area (Å²) in [5.41, 5.74) is 4.05. The minimum atomic E-state index is -0.271. The number of amides is 1. The van der Waals surface area contributed by atoms with Crippen LogP contribution >= 0.6 is 11.6 Å². The number of furan rings is 1. The first kappa shape index (κ1) is 10.9. The first-order valence-corrected chi connectivity index (χ1v) is 5.60. The monoisotopic (exact) mass is 261 g/mol. The normalized spacial score (nSPS) is 17.1. The lowest BCUT2D eigenvalue weighted by Gasteiger charge is -1.96. The number of hydrogen-bond donors (Lipinski definition) is 2. The van der Waals surface area contributed by atoms with Crippen molar-refractivity contribution in [2.45, 2.75) is 0 Å². The molecule has 0 aromatic carbocycles. The van der Waals surface area contributed by atoms with Crippen molar-refractivity contribution in [2.24, 2.45) is 5.10 Å². The number of nitrogens with zero attached hydrogens (tertiary/aromatic N) is 1. The summed E-state index contributed by atoms with van der Waals surface area (Å²) < 4.78 is 5.24. The van der Waals surface area contributed by atoms with E-state index >= 15 is 0 Å². The van der Waals surface area contributed by atoms with Gasteiger partial charge in [0.15, 0.2) is 5.76 Å². The molecule has 1 aliphatic rings. The number of H-pyrrole nitrogens is 1. The predicted octanol–water partition coefficient (Wildman–Crippen LogP) is 2.18. The second kappa shape index (κ2) is 4.19. The second-order valence-corrected chi connectivity index (χ2v) is 4.15. The zero-order chi connectivity index (χ0) is 12.5. The van der Waals surface area contributed by atoms with Crippen LogP contribution in [0.5, 0.6) is 0 Å². The molecule has 0 radical (unpaired) electrons. The van der Waals surface area contributed by atoms with E-state index in [9.17, 15) is 4.79 Å². The molecule has 2 aromatic rings. The quantitative estimate of drug-likeness (QED) is 0.814. The summed E-state index contributed by atoms with van der Waals surface area (Å²) in [7, 11) is 0. The first-order chi connectivity index (χ1) is 8.74. The van der Waals surface area contributed by atoms with Crippen LogP contribution in [0.4, 0.5) is 0 Å². The van der Waals surface area contributed by atoms with E-state index in [1.54, 1.807) is 30.5 Å². The van der Waals surface area contributed by atoms with E-state index in [0.29, 0.717) is 22.1 Å². The summed E-state index contributed by atoms with van der Waals surface area (Å²) in [5, 5.41) is 4.53. The lowest BCUT2D eigenvalue weighted by molar-refractivity contribution is -0.116. The summed E-state index contributed by atoms with van der Waals surface area (Å²) >= 11 is 5.81. The van der Waals surface area contributed by atoms with Crippen LogP contribution in [0.3, 0.4) is 0 Å². The topological polar surface area (TPSA) is 70.4 Å². The van der Waals surface area contributed by atoms with Gasteiger partial charge in [0, 0.05) is 11.9 Å². The average molecular weight is 262 g/mol. The number of hydrazone groups is 1. The molecule has 0 unspecified atom stereocenters. The van der Waals surface area contributed by atoms with Crippen molar-refractivity contribution in [3.8, 4) is 0 Å². The van der Waals surface area contributed by atoms with Gasteiger partial charge in [-0.3, -0.25) is 4.79 Å². The highest BCUT2D eigenvalue weighted by molar-refractivity contribution is 6.33. The maximum Gasteiger partial charge on any atom is 0.273 e. The third-order valence-electron chi connectivity index (χ3n) is 2.49. The Kier molecular flexibility index (Phi) is 2.53. The molecule has 0 fully saturated rings. The molecule has 1 aliphatic heterocycles. The van der Waals surface area contributed by atoms with Crippen LogP contribution in [0.15, 0.2) is 45.8 Å². The Morgan fingerprint density at radius 1 is 1.44 bits per heavy atom. The predicted molar refractivity (Wildman–Crippen MR) is 67.2 cm³/mol. The Hall–Kier alpha value is -2.27. The number of hydrogen-bond acceptors (Lipinski definition) is 3. The maximum absolute atomic E-state index is 11.7. The van der Waals surface area contributed by atoms with Gasteiger partial charge in [0.25, 0.3) is 5.91 Å². The molecule has 2 N–H and O–H groups in total. The van der Waals surface area contributed by atoms with Crippen molar-refractivity contribution in [3.05, 3.63) is 52.7 Å². The Morgan fingerprint density at radius 3 is 3.00 bits per heavy atom. The summed E-state index contributed by atoms with van der Waals surface area (Å²) in [5.74, 6) is 0.268. The van der Waals surface area contributed by atoms with E-state index in [1.165, 1.54) is 6.26 Å². The van der Waals surface area contributed by atoms with Crippen molar-refractivity contribution in [2.75, 3.05) is 0 Å². The SMILES string of the molecule is O=C1NN=C(c2ccco2)/C1=C\c1cc(Cl)c[nH]1. The van der Waals surface area contributed by atoms with Gasteiger partial charge in [-0.2, -0.15) is 5.10 Å². The second-order valence-electron chi connectivity index (χ2n) is 3.71. The van der Waals surface area contributed by atoms with Gasteiger partial charge < -0.3 is 9.40 Å². The molecule has 0 atom stereocenters. The van der Waals surface area contributed by atoms with Crippen LogP contribution < -0.4 is 5.43 Å². The molecule has 0 saturated heterocycles. The summed E-state index contributed by atoms with van der Waals surface area (Å²) in [6.45, 7) is 0. The Labute approximate surface area is 107 Å². The van der Waals surface area contributed by atoms with Gasteiger partial charge in [0.1, 0.15) is 5.71 Å². The van der Waals surface area contributed by atoms with Gasteiger partial charge in [-0.15, -0.1) is 0 Å². The third-order valence-corrected chi connectivity index (χ3v) is 2.71. The molecule has 0 saturated carbocycles. The molecule has 2 aromatic heterocycles. The standard InChI is InChI=1S/C12H8ClN3O2/c13-7-4-8(14-6-7)5-9-11(15-16-12(9)17)10-2-1-3-18-10/h1-6,14H,(H,16,17)/b9-5+. The van der Waals surface area contributed by atoms with Crippen molar-refractivity contribution >= 4 is 29.3 Å². The maximum atomic E-state index is 11.7. The van der Waals surface area contributed by atoms with E-state index in [0.717, 1.165) is 5.69 Å². The average Bonchev–Trinajstić information content (AvgIpc) is 3.03. The molecule has 90 valence electrons. The lowest BCUT2D eigenvalue weighted by atomic mass is 10.1. The van der Waals surface area contributed by atoms with Crippen molar-refractivity contribution in [3.63, 3.8) is 0 Å². The van der Waals surface area contributed by atoms with E-state index in [2.05, 4.69) is 15.5 Å². The van der Waals surface area contributed by atoms with E-state index in [4.69, 9.17) is 16.0 Å². The summed E-state index contributed by atoms with van der Waals surface area (Å²) in [6.07, 6.45) is 4.85. The number of aromatic amines is 1. The smallest absolute Gasteiger partial charge is 0.273 e. The Bertz CT molecular complexity index is 653. The number of halogens is 1. The molecule has 0 spiro atoms. The van der Waals surface area contributed by atoms with Gasteiger partial charge in [-0.25, -0.2) is 5.43 Å². The van der Waals surface area contributed by atoms with Crippen LogP contribution in [0.2, 0.25) is 5.02 Å². The number of nitrogens with one attached hydrogen (secondary N) is 2. The highest BCUT2D eigenvalue weighted by Gasteiger charge is 2.25. The number of aromatic nitrogens is 1. The van der Waals surface area contributed by atoms with Gasteiger partial charge in [0.05, 0.1) is 16.9 Å². The molecule has 1 amide bonds. The van der Waals surface area contributed by atoms with Crippen LogP contribution in [0.25, 0.3) is 6.08 Å². The summed E-state index contributed by atoms with van der Waals surface area (Å²) in [4.78, 5) is 14.7. The fraction of sp³-hybridized carbons (Fsp3) is 0. The minimum absolute atomic E-state index is 0.271. The zero-order valence-corrected chi connectivity index (χ0v) is 9.86. The zero-order valence-electron chi connectivity index (χ0n) is 9.11. The van der Waals surface area contributed by atoms with E-state index in [-0.39, 0.29) is 5.91 Å². The third kappa shape index (κ3) is 1.84.